The minimum Gasteiger partial charge on any atom is -0.381 e. The molecule has 0 amide bonds. The van der Waals surface area contributed by atoms with Crippen molar-refractivity contribution in [1.29, 1.82) is 0 Å². The summed E-state index contributed by atoms with van der Waals surface area (Å²) in [5.41, 5.74) is 5.65. The second kappa shape index (κ2) is 3.79. The molecule has 1 saturated heterocycles. The highest BCUT2D eigenvalue weighted by Crippen LogP contribution is 2.15. The van der Waals surface area contributed by atoms with E-state index < -0.39 is 0 Å². The lowest BCUT2D eigenvalue weighted by atomic mass is 10.0. The van der Waals surface area contributed by atoms with Crippen molar-refractivity contribution < 1.29 is 0 Å². The van der Waals surface area contributed by atoms with Crippen LogP contribution in [0.25, 0.3) is 0 Å². The quantitative estimate of drug-likeness (QED) is 0.709. The van der Waals surface area contributed by atoms with Crippen LogP contribution in [-0.2, 0) is 0 Å². The van der Waals surface area contributed by atoms with E-state index in [0.29, 0.717) is 17.6 Å². The van der Waals surface area contributed by atoms with E-state index in [4.69, 9.17) is 5.73 Å². The number of anilines is 2. The minimum absolute atomic E-state index is 0.472. The van der Waals surface area contributed by atoms with Crippen molar-refractivity contribution in [1.82, 2.24) is 14.9 Å². The van der Waals surface area contributed by atoms with Gasteiger partial charge in [0.25, 0.3) is 0 Å². The summed E-state index contributed by atoms with van der Waals surface area (Å²) in [5.74, 6) is 1.88. The zero-order valence-corrected chi connectivity index (χ0v) is 8.27. The maximum atomic E-state index is 5.65. The van der Waals surface area contributed by atoms with Crippen LogP contribution in [0.3, 0.4) is 0 Å². The minimum atomic E-state index is 0.472. The van der Waals surface area contributed by atoms with Gasteiger partial charge in [0.05, 0.1) is 0 Å². The Hall–Kier alpha value is -1.36. The first kappa shape index (κ1) is 9.21. The molecule has 5 nitrogen and oxygen atoms in total. The van der Waals surface area contributed by atoms with E-state index in [2.05, 4.69) is 27.2 Å². The molecule has 76 valence electrons. The van der Waals surface area contributed by atoms with Crippen molar-refractivity contribution in [3.8, 4) is 0 Å². The molecule has 0 unspecified atom stereocenters. The van der Waals surface area contributed by atoms with Crippen LogP contribution >= 0.6 is 0 Å². The van der Waals surface area contributed by atoms with Crippen molar-refractivity contribution in [2.24, 2.45) is 5.92 Å². The number of nitrogen functional groups attached to an aromatic ring is 1. The number of likely N-dealkylation sites (tertiary alicyclic amines) is 1. The van der Waals surface area contributed by atoms with Crippen molar-refractivity contribution in [2.45, 2.75) is 0 Å². The maximum Gasteiger partial charge on any atom is 0.168 e. The molecule has 0 aliphatic carbocycles. The van der Waals surface area contributed by atoms with Gasteiger partial charge in [0.15, 0.2) is 11.6 Å². The highest BCUT2D eigenvalue weighted by atomic mass is 15.2. The van der Waals surface area contributed by atoms with Gasteiger partial charge in [0.2, 0.25) is 0 Å². The highest BCUT2D eigenvalue weighted by molar-refractivity contribution is 5.54. The predicted octanol–water partition coefficient (Wildman–Crippen LogP) is 0.0323. The highest BCUT2D eigenvalue weighted by Gasteiger charge is 2.22. The number of nitrogens with one attached hydrogen (secondary N) is 1. The van der Waals surface area contributed by atoms with E-state index in [1.54, 1.807) is 12.4 Å². The third-order valence-corrected chi connectivity index (χ3v) is 2.42. The van der Waals surface area contributed by atoms with Gasteiger partial charge in [-0.2, -0.15) is 0 Å². The lowest BCUT2D eigenvalue weighted by Gasteiger charge is -2.36. The Labute approximate surface area is 83.3 Å². The monoisotopic (exact) mass is 193 g/mol. The number of nitrogens with two attached hydrogens (primary N) is 1. The Morgan fingerprint density at radius 2 is 2.21 bits per heavy atom. The molecule has 0 saturated carbocycles. The van der Waals surface area contributed by atoms with Crippen LogP contribution in [0.5, 0.6) is 0 Å². The standard InChI is InChI=1S/C9H15N5/c1-14-5-7(6-14)4-13-9-8(10)11-2-3-12-9/h2-3,7H,4-6H2,1H3,(H2,10,11)(H,12,13). The summed E-state index contributed by atoms with van der Waals surface area (Å²) in [5, 5.41) is 3.21. The first-order chi connectivity index (χ1) is 6.75. The SMILES string of the molecule is CN1CC(CNc2nccnc2N)C1. The zero-order valence-electron chi connectivity index (χ0n) is 8.27. The van der Waals surface area contributed by atoms with Gasteiger partial charge < -0.3 is 16.0 Å². The molecular formula is C9H15N5. The lowest BCUT2D eigenvalue weighted by Crippen LogP contribution is -2.46. The molecule has 1 aromatic rings. The number of nitrogens with zero attached hydrogens (tertiary/aromatic N) is 3. The molecular weight excluding hydrogens is 178 g/mol. The largest absolute Gasteiger partial charge is 0.381 e. The Morgan fingerprint density at radius 3 is 2.86 bits per heavy atom. The Kier molecular flexibility index (Phi) is 2.49. The Bertz CT molecular complexity index is 308. The molecule has 5 heteroatoms. The van der Waals surface area contributed by atoms with Gasteiger partial charge >= 0.3 is 0 Å². The lowest BCUT2D eigenvalue weighted by molar-refractivity contribution is 0.144. The van der Waals surface area contributed by atoms with Crippen LogP contribution < -0.4 is 11.1 Å². The Balaban J connectivity index is 1.83. The average molecular weight is 193 g/mol. The molecule has 0 radical (unpaired) electrons. The summed E-state index contributed by atoms with van der Waals surface area (Å²) in [6.07, 6.45) is 3.24. The fourth-order valence-corrected chi connectivity index (χ4v) is 1.68. The van der Waals surface area contributed by atoms with Crippen LogP contribution in [-0.4, -0.2) is 41.5 Å². The molecule has 0 spiro atoms. The Morgan fingerprint density at radius 1 is 1.50 bits per heavy atom. The smallest absolute Gasteiger partial charge is 0.168 e. The first-order valence-electron chi connectivity index (χ1n) is 4.74. The van der Waals surface area contributed by atoms with Crippen LogP contribution in [0.1, 0.15) is 0 Å². The van der Waals surface area contributed by atoms with Crippen molar-refractivity contribution in [3.05, 3.63) is 12.4 Å². The van der Waals surface area contributed by atoms with E-state index >= 15 is 0 Å². The van der Waals surface area contributed by atoms with E-state index in [0.717, 1.165) is 19.6 Å². The van der Waals surface area contributed by atoms with E-state index in [1.807, 2.05) is 0 Å². The molecule has 1 aliphatic heterocycles. The van der Waals surface area contributed by atoms with Crippen LogP contribution in [0.4, 0.5) is 11.6 Å². The summed E-state index contributed by atoms with van der Waals surface area (Å²) in [6, 6.07) is 0. The van der Waals surface area contributed by atoms with Crippen molar-refractivity contribution >= 4 is 11.6 Å². The molecule has 1 fully saturated rings. The van der Waals surface area contributed by atoms with Gasteiger partial charge in [-0.15, -0.1) is 0 Å². The molecule has 0 atom stereocenters. The molecule has 0 aromatic carbocycles. The van der Waals surface area contributed by atoms with Gasteiger partial charge in [-0.25, -0.2) is 9.97 Å². The molecule has 1 aliphatic rings. The van der Waals surface area contributed by atoms with E-state index in [1.165, 1.54) is 0 Å². The average Bonchev–Trinajstić information content (AvgIpc) is 2.13. The van der Waals surface area contributed by atoms with E-state index in [-0.39, 0.29) is 0 Å². The topological polar surface area (TPSA) is 67.1 Å². The van der Waals surface area contributed by atoms with Gasteiger partial charge in [-0.3, -0.25) is 0 Å². The second-order valence-corrected chi connectivity index (χ2v) is 3.76. The summed E-state index contributed by atoms with van der Waals surface area (Å²) in [7, 11) is 2.12. The molecule has 2 rings (SSSR count). The second-order valence-electron chi connectivity index (χ2n) is 3.76. The van der Waals surface area contributed by atoms with Gasteiger partial charge in [-0.1, -0.05) is 0 Å². The zero-order chi connectivity index (χ0) is 9.97. The van der Waals surface area contributed by atoms with Gasteiger partial charge in [0.1, 0.15) is 0 Å². The third-order valence-electron chi connectivity index (χ3n) is 2.42. The van der Waals surface area contributed by atoms with Crippen LogP contribution in [0, 0.1) is 5.92 Å². The van der Waals surface area contributed by atoms with E-state index in [9.17, 15) is 0 Å². The van der Waals surface area contributed by atoms with Crippen LogP contribution in [0.2, 0.25) is 0 Å². The number of hydrogen-bond donors (Lipinski definition) is 2. The first-order valence-corrected chi connectivity index (χ1v) is 4.74. The van der Waals surface area contributed by atoms with Gasteiger partial charge in [-0.05, 0) is 7.05 Å². The third kappa shape index (κ3) is 1.93. The van der Waals surface area contributed by atoms with Gasteiger partial charge in [0, 0.05) is 37.9 Å². The summed E-state index contributed by atoms with van der Waals surface area (Å²) in [6.45, 7) is 3.22. The number of aromatic nitrogens is 2. The van der Waals surface area contributed by atoms with Crippen molar-refractivity contribution in [3.63, 3.8) is 0 Å². The van der Waals surface area contributed by atoms with Crippen molar-refractivity contribution in [2.75, 3.05) is 37.7 Å². The molecule has 14 heavy (non-hydrogen) atoms. The number of rotatable bonds is 3. The summed E-state index contributed by atoms with van der Waals surface area (Å²) in [4.78, 5) is 10.4. The fourth-order valence-electron chi connectivity index (χ4n) is 1.68. The fraction of sp³-hybridized carbons (Fsp3) is 0.556. The molecule has 2 heterocycles. The summed E-state index contributed by atoms with van der Waals surface area (Å²) >= 11 is 0. The predicted molar refractivity (Wildman–Crippen MR) is 55.9 cm³/mol. The summed E-state index contributed by atoms with van der Waals surface area (Å²) < 4.78 is 0. The van der Waals surface area contributed by atoms with Crippen LogP contribution in [0.15, 0.2) is 12.4 Å². The molecule has 0 bridgehead atoms. The molecule has 1 aromatic heterocycles. The number of hydrogen-bond acceptors (Lipinski definition) is 5. The normalized spacial score (nSPS) is 17.8. The maximum absolute atomic E-state index is 5.65. The molecule has 3 N–H and O–H groups in total.